The lowest BCUT2D eigenvalue weighted by molar-refractivity contribution is 0.556. The number of thiophene rings is 1. The number of nitrogens with one attached hydrogen (secondary N) is 1. The molecule has 0 saturated heterocycles. The first-order valence-electron chi connectivity index (χ1n) is 5.25. The molecule has 0 amide bonds. The Bertz CT molecular complexity index is 542. The van der Waals surface area contributed by atoms with Crippen LogP contribution in [0, 0.1) is 0 Å². The minimum Gasteiger partial charge on any atom is -0.271 e. The van der Waals surface area contributed by atoms with Crippen LogP contribution in [0.2, 0.25) is 14.4 Å². The number of rotatable bonds is 4. The Morgan fingerprint density at radius 2 is 1.94 bits per heavy atom. The summed E-state index contributed by atoms with van der Waals surface area (Å²) in [6.45, 7) is 0. The van der Waals surface area contributed by atoms with Gasteiger partial charge in [-0.2, -0.15) is 0 Å². The standard InChI is InChI=1S/C12H11Cl3N2S/c13-7-1-3-9(10(14)5-7)11(17-16)6-8-2-4-12(15)18-8/h1-5,11,17H,6,16H2. The Morgan fingerprint density at radius 3 is 2.50 bits per heavy atom. The minimum atomic E-state index is -0.0653. The van der Waals surface area contributed by atoms with Gasteiger partial charge in [-0.25, -0.2) is 0 Å². The molecule has 1 aromatic heterocycles. The van der Waals surface area contributed by atoms with Gasteiger partial charge in [0, 0.05) is 21.3 Å². The molecule has 0 aliphatic carbocycles. The van der Waals surface area contributed by atoms with Crippen molar-refractivity contribution in [2.45, 2.75) is 12.5 Å². The van der Waals surface area contributed by atoms with Crippen LogP contribution < -0.4 is 11.3 Å². The van der Waals surface area contributed by atoms with Gasteiger partial charge in [-0.05, 0) is 29.8 Å². The lowest BCUT2D eigenvalue weighted by atomic mass is 10.0. The van der Waals surface area contributed by atoms with Gasteiger partial charge in [0.25, 0.3) is 0 Å². The zero-order valence-corrected chi connectivity index (χ0v) is 12.4. The van der Waals surface area contributed by atoms with Crippen molar-refractivity contribution in [2.75, 3.05) is 0 Å². The van der Waals surface area contributed by atoms with Crippen LogP contribution in [0.15, 0.2) is 30.3 Å². The van der Waals surface area contributed by atoms with E-state index in [-0.39, 0.29) is 6.04 Å². The monoisotopic (exact) mass is 320 g/mol. The first kappa shape index (κ1) is 14.1. The largest absolute Gasteiger partial charge is 0.271 e. The molecule has 3 N–H and O–H groups in total. The van der Waals surface area contributed by atoms with Crippen molar-refractivity contribution < 1.29 is 0 Å². The second-order valence-electron chi connectivity index (χ2n) is 3.80. The van der Waals surface area contributed by atoms with E-state index >= 15 is 0 Å². The third-order valence-electron chi connectivity index (χ3n) is 2.57. The fourth-order valence-corrected chi connectivity index (χ4v) is 3.38. The third-order valence-corrected chi connectivity index (χ3v) is 4.39. The van der Waals surface area contributed by atoms with E-state index in [4.69, 9.17) is 40.6 Å². The van der Waals surface area contributed by atoms with Crippen LogP contribution in [0.5, 0.6) is 0 Å². The molecule has 0 fully saturated rings. The Kier molecular flexibility index (Phi) is 4.90. The second kappa shape index (κ2) is 6.24. The number of benzene rings is 1. The number of hydrogen-bond donors (Lipinski definition) is 2. The van der Waals surface area contributed by atoms with E-state index in [1.165, 1.54) is 11.3 Å². The fourth-order valence-electron chi connectivity index (χ4n) is 1.71. The summed E-state index contributed by atoms with van der Waals surface area (Å²) in [5.41, 5.74) is 3.70. The van der Waals surface area contributed by atoms with Gasteiger partial charge in [0.1, 0.15) is 0 Å². The summed E-state index contributed by atoms with van der Waals surface area (Å²) in [5, 5.41) is 1.21. The highest BCUT2D eigenvalue weighted by Crippen LogP contribution is 2.30. The van der Waals surface area contributed by atoms with Crippen LogP contribution in [0.3, 0.4) is 0 Å². The molecule has 0 aliphatic heterocycles. The Labute approximate surface area is 125 Å². The summed E-state index contributed by atoms with van der Waals surface area (Å²) in [7, 11) is 0. The van der Waals surface area contributed by atoms with Gasteiger partial charge in [-0.3, -0.25) is 11.3 Å². The van der Waals surface area contributed by atoms with E-state index < -0.39 is 0 Å². The van der Waals surface area contributed by atoms with E-state index in [2.05, 4.69) is 5.43 Å². The van der Waals surface area contributed by atoms with Gasteiger partial charge in [0.15, 0.2) is 0 Å². The van der Waals surface area contributed by atoms with Crippen molar-refractivity contribution in [1.82, 2.24) is 5.43 Å². The zero-order chi connectivity index (χ0) is 13.1. The molecule has 0 aliphatic rings. The summed E-state index contributed by atoms with van der Waals surface area (Å²) >= 11 is 19.5. The zero-order valence-electron chi connectivity index (χ0n) is 9.29. The summed E-state index contributed by atoms with van der Waals surface area (Å²) < 4.78 is 0.767. The van der Waals surface area contributed by atoms with E-state index in [9.17, 15) is 0 Å². The Hall–Kier alpha value is -0.290. The predicted molar refractivity (Wildman–Crippen MR) is 79.6 cm³/mol. The van der Waals surface area contributed by atoms with E-state index in [0.29, 0.717) is 10.0 Å². The molecular formula is C12H11Cl3N2S. The average molecular weight is 322 g/mol. The van der Waals surface area contributed by atoms with Gasteiger partial charge < -0.3 is 0 Å². The van der Waals surface area contributed by atoms with Crippen LogP contribution >= 0.6 is 46.1 Å². The molecule has 0 bridgehead atoms. The maximum absolute atomic E-state index is 6.17. The summed E-state index contributed by atoms with van der Waals surface area (Å²) in [4.78, 5) is 1.15. The van der Waals surface area contributed by atoms with Crippen LogP contribution in [-0.4, -0.2) is 0 Å². The topological polar surface area (TPSA) is 38.0 Å². The summed E-state index contributed by atoms with van der Waals surface area (Å²) in [6, 6.07) is 9.19. The Morgan fingerprint density at radius 1 is 1.17 bits per heavy atom. The highest BCUT2D eigenvalue weighted by Gasteiger charge is 2.15. The van der Waals surface area contributed by atoms with Crippen LogP contribution in [0.25, 0.3) is 0 Å². The van der Waals surface area contributed by atoms with Crippen molar-refractivity contribution in [3.63, 3.8) is 0 Å². The molecule has 2 rings (SSSR count). The van der Waals surface area contributed by atoms with Crippen LogP contribution in [-0.2, 0) is 6.42 Å². The molecular weight excluding hydrogens is 311 g/mol. The lowest BCUT2D eigenvalue weighted by Gasteiger charge is -2.17. The minimum absolute atomic E-state index is 0.0653. The van der Waals surface area contributed by atoms with Gasteiger partial charge in [-0.1, -0.05) is 40.9 Å². The summed E-state index contributed by atoms with van der Waals surface area (Å²) in [5.74, 6) is 5.60. The number of hydrazine groups is 1. The highest BCUT2D eigenvalue weighted by atomic mass is 35.5. The molecule has 0 spiro atoms. The van der Waals surface area contributed by atoms with Gasteiger partial charge >= 0.3 is 0 Å². The number of nitrogens with two attached hydrogens (primary N) is 1. The van der Waals surface area contributed by atoms with E-state index in [1.807, 2.05) is 18.2 Å². The van der Waals surface area contributed by atoms with Gasteiger partial charge in [-0.15, -0.1) is 11.3 Å². The highest BCUT2D eigenvalue weighted by molar-refractivity contribution is 7.16. The molecule has 2 nitrogen and oxygen atoms in total. The van der Waals surface area contributed by atoms with Crippen LogP contribution in [0.1, 0.15) is 16.5 Å². The van der Waals surface area contributed by atoms with Gasteiger partial charge in [0.2, 0.25) is 0 Å². The third kappa shape index (κ3) is 3.38. The second-order valence-corrected chi connectivity index (χ2v) is 6.44. The molecule has 6 heteroatoms. The molecule has 0 radical (unpaired) electrons. The molecule has 96 valence electrons. The van der Waals surface area contributed by atoms with Crippen molar-refractivity contribution >= 4 is 46.1 Å². The number of halogens is 3. The molecule has 0 saturated carbocycles. The SMILES string of the molecule is NNC(Cc1ccc(Cl)s1)c1ccc(Cl)cc1Cl. The first-order valence-corrected chi connectivity index (χ1v) is 7.20. The van der Waals surface area contributed by atoms with Crippen molar-refractivity contribution in [2.24, 2.45) is 5.84 Å². The smallest absolute Gasteiger partial charge is 0.0931 e. The predicted octanol–water partition coefficient (Wildman–Crippen LogP) is 4.46. The normalized spacial score (nSPS) is 12.7. The van der Waals surface area contributed by atoms with Crippen molar-refractivity contribution in [3.05, 3.63) is 55.2 Å². The quantitative estimate of drug-likeness (QED) is 0.644. The first-order chi connectivity index (χ1) is 8.60. The molecule has 1 unspecified atom stereocenters. The molecule has 1 atom stereocenters. The summed E-state index contributed by atoms with van der Waals surface area (Å²) in [6.07, 6.45) is 0.731. The van der Waals surface area contributed by atoms with Crippen molar-refractivity contribution in [1.29, 1.82) is 0 Å². The lowest BCUT2D eigenvalue weighted by Crippen LogP contribution is -2.29. The van der Waals surface area contributed by atoms with E-state index in [1.54, 1.807) is 12.1 Å². The molecule has 2 aromatic rings. The molecule has 1 aromatic carbocycles. The maximum atomic E-state index is 6.17. The van der Waals surface area contributed by atoms with E-state index in [0.717, 1.165) is 21.2 Å². The number of hydrogen-bond acceptors (Lipinski definition) is 3. The average Bonchev–Trinajstić information content (AvgIpc) is 2.72. The van der Waals surface area contributed by atoms with Crippen molar-refractivity contribution in [3.8, 4) is 0 Å². The van der Waals surface area contributed by atoms with Gasteiger partial charge in [0.05, 0.1) is 10.4 Å². The Balaban J connectivity index is 2.22. The van der Waals surface area contributed by atoms with Crippen LogP contribution in [0.4, 0.5) is 0 Å². The molecule has 1 heterocycles. The maximum Gasteiger partial charge on any atom is 0.0931 e. The fraction of sp³-hybridized carbons (Fsp3) is 0.167. The molecule has 18 heavy (non-hydrogen) atoms.